The maximum atomic E-state index is 14.0. The number of fused-ring (bicyclic) bond motifs is 1. The lowest BCUT2D eigenvalue weighted by atomic mass is 9.79. The standard InChI is InChI=1S/C26H31FN4O/c1-3-18-6-4-7-21(25(18)19-8-10-22(27)17(2)14-19)20-9-11-24-30-15-23(31(24)16-20)26(32)29-13-5-12-28/h4,7-11,14-16,18,26,29,32H,3,5-6,12-13,28H2,1-2H3. The van der Waals surface area contributed by atoms with Gasteiger partial charge in [-0.3, -0.25) is 9.72 Å². The van der Waals surface area contributed by atoms with Crippen molar-refractivity contribution in [3.63, 3.8) is 0 Å². The van der Waals surface area contributed by atoms with E-state index >= 15 is 0 Å². The van der Waals surface area contributed by atoms with Crippen molar-refractivity contribution in [2.75, 3.05) is 13.1 Å². The van der Waals surface area contributed by atoms with Gasteiger partial charge in [0.1, 0.15) is 17.7 Å². The first-order valence-electron chi connectivity index (χ1n) is 11.3. The van der Waals surface area contributed by atoms with Crippen LogP contribution in [0, 0.1) is 18.7 Å². The van der Waals surface area contributed by atoms with Crippen LogP contribution < -0.4 is 11.1 Å². The summed E-state index contributed by atoms with van der Waals surface area (Å²) < 4.78 is 15.9. The Kier molecular flexibility index (Phi) is 6.84. The topological polar surface area (TPSA) is 75.6 Å². The van der Waals surface area contributed by atoms with Crippen LogP contribution in [0.15, 0.2) is 54.9 Å². The molecule has 1 aromatic carbocycles. The van der Waals surface area contributed by atoms with Crippen LogP contribution >= 0.6 is 0 Å². The Hall–Kier alpha value is -2.80. The van der Waals surface area contributed by atoms with E-state index < -0.39 is 6.23 Å². The number of aliphatic hydroxyl groups excluding tert-OH is 1. The van der Waals surface area contributed by atoms with Crippen molar-refractivity contribution in [2.24, 2.45) is 11.7 Å². The second-order valence-electron chi connectivity index (χ2n) is 8.36. The lowest BCUT2D eigenvalue weighted by molar-refractivity contribution is 0.134. The molecule has 1 aliphatic rings. The molecule has 2 aromatic heterocycles. The Morgan fingerprint density at radius 2 is 2.09 bits per heavy atom. The van der Waals surface area contributed by atoms with Crippen molar-refractivity contribution in [2.45, 2.75) is 39.3 Å². The first-order valence-corrected chi connectivity index (χ1v) is 11.3. The number of aryl methyl sites for hydroxylation is 1. The third-order valence-electron chi connectivity index (χ3n) is 6.21. The van der Waals surface area contributed by atoms with Gasteiger partial charge in [0, 0.05) is 6.20 Å². The van der Waals surface area contributed by atoms with Crippen LogP contribution in [0.5, 0.6) is 0 Å². The Bertz CT molecular complexity index is 1160. The maximum absolute atomic E-state index is 14.0. The third-order valence-corrected chi connectivity index (χ3v) is 6.21. The monoisotopic (exact) mass is 434 g/mol. The van der Waals surface area contributed by atoms with Gasteiger partial charge in [-0.25, -0.2) is 9.37 Å². The van der Waals surface area contributed by atoms with E-state index in [0.29, 0.717) is 30.3 Å². The summed E-state index contributed by atoms with van der Waals surface area (Å²) in [6.07, 6.45) is 10.0. The van der Waals surface area contributed by atoms with Crippen LogP contribution in [0.1, 0.15) is 54.8 Å². The summed E-state index contributed by atoms with van der Waals surface area (Å²) >= 11 is 0. The fourth-order valence-electron chi connectivity index (χ4n) is 4.41. The summed E-state index contributed by atoms with van der Waals surface area (Å²) in [5, 5.41) is 13.7. The molecule has 0 aliphatic heterocycles. The number of hydrogen-bond acceptors (Lipinski definition) is 4. The summed E-state index contributed by atoms with van der Waals surface area (Å²) in [7, 11) is 0. The zero-order chi connectivity index (χ0) is 22.7. The third kappa shape index (κ3) is 4.39. The second kappa shape index (κ2) is 9.77. The van der Waals surface area contributed by atoms with Crippen molar-refractivity contribution < 1.29 is 9.50 Å². The number of aromatic nitrogens is 2. The predicted molar refractivity (Wildman–Crippen MR) is 127 cm³/mol. The molecule has 0 amide bonds. The van der Waals surface area contributed by atoms with E-state index in [1.807, 2.05) is 35.7 Å². The van der Waals surface area contributed by atoms with Crippen molar-refractivity contribution in [1.29, 1.82) is 0 Å². The summed E-state index contributed by atoms with van der Waals surface area (Å²) in [5.41, 5.74) is 12.1. The largest absolute Gasteiger partial charge is 0.373 e. The molecule has 4 rings (SSSR count). The summed E-state index contributed by atoms with van der Waals surface area (Å²) in [6, 6.07) is 9.41. The van der Waals surface area contributed by atoms with Crippen LogP contribution in [0.3, 0.4) is 0 Å². The molecule has 3 aromatic rings. The molecule has 0 spiro atoms. The second-order valence-corrected chi connectivity index (χ2v) is 8.36. The minimum Gasteiger partial charge on any atom is -0.373 e. The quantitative estimate of drug-likeness (QED) is 0.358. The zero-order valence-electron chi connectivity index (χ0n) is 18.7. The molecule has 0 radical (unpaired) electrons. The van der Waals surface area contributed by atoms with E-state index in [9.17, 15) is 9.50 Å². The number of halogens is 1. The number of allylic oxidation sites excluding steroid dienone is 4. The number of benzene rings is 1. The molecule has 0 saturated heterocycles. The Balaban J connectivity index is 1.80. The van der Waals surface area contributed by atoms with Gasteiger partial charge in [0.2, 0.25) is 0 Å². The van der Waals surface area contributed by atoms with Crippen molar-refractivity contribution in [3.8, 4) is 0 Å². The highest BCUT2D eigenvalue weighted by molar-refractivity contribution is 5.97. The fourth-order valence-corrected chi connectivity index (χ4v) is 4.41. The first kappa shape index (κ1) is 22.4. The molecule has 0 saturated carbocycles. The lowest BCUT2D eigenvalue weighted by Crippen LogP contribution is -2.24. The molecule has 6 heteroatoms. The average Bonchev–Trinajstić information content (AvgIpc) is 3.24. The van der Waals surface area contributed by atoms with Crippen molar-refractivity contribution >= 4 is 16.8 Å². The number of nitrogens with zero attached hydrogens (tertiary/aromatic N) is 2. The number of imidazole rings is 1. The number of pyridine rings is 1. The molecule has 32 heavy (non-hydrogen) atoms. The average molecular weight is 435 g/mol. The molecule has 5 nitrogen and oxygen atoms in total. The van der Waals surface area contributed by atoms with Gasteiger partial charge in [0.25, 0.3) is 0 Å². The van der Waals surface area contributed by atoms with E-state index in [0.717, 1.165) is 41.6 Å². The van der Waals surface area contributed by atoms with Gasteiger partial charge < -0.3 is 10.8 Å². The van der Waals surface area contributed by atoms with Gasteiger partial charge in [-0.15, -0.1) is 0 Å². The normalized spacial score (nSPS) is 17.3. The van der Waals surface area contributed by atoms with E-state index in [1.165, 1.54) is 5.57 Å². The van der Waals surface area contributed by atoms with Crippen LogP contribution in [0.2, 0.25) is 0 Å². The maximum Gasteiger partial charge on any atom is 0.148 e. The van der Waals surface area contributed by atoms with Gasteiger partial charge in [-0.05, 0) is 97.3 Å². The van der Waals surface area contributed by atoms with Gasteiger partial charge in [0.05, 0.1) is 11.9 Å². The minimum absolute atomic E-state index is 0.184. The fraction of sp³-hybridized carbons (Fsp3) is 0.346. The van der Waals surface area contributed by atoms with E-state index in [4.69, 9.17) is 5.73 Å². The number of hydrogen-bond donors (Lipinski definition) is 3. The van der Waals surface area contributed by atoms with E-state index in [2.05, 4.69) is 35.4 Å². The first-order chi connectivity index (χ1) is 15.5. The molecule has 0 bridgehead atoms. The SMILES string of the molecule is CCC1CC=CC(c2ccc3ncc(C(O)NCCCN)n3c2)=C1c1ccc(F)c(C)c1. The van der Waals surface area contributed by atoms with Crippen molar-refractivity contribution in [1.82, 2.24) is 14.7 Å². The van der Waals surface area contributed by atoms with Gasteiger partial charge in [-0.2, -0.15) is 0 Å². The summed E-state index contributed by atoms with van der Waals surface area (Å²) in [5.74, 6) is 0.178. The van der Waals surface area contributed by atoms with Gasteiger partial charge in [0.15, 0.2) is 0 Å². The zero-order valence-corrected chi connectivity index (χ0v) is 18.7. The van der Waals surface area contributed by atoms with E-state index in [-0.39, 0.29) is 5.82 Å². The molecular weight excluding hydrogens is 403 g/mol. The van der Waals surface area contributed by atoms with E-state index in [1.54, 1.807) is 12.3 Å². The number of nitrogens with two attached hydrogens (primary N) is 1. The molecule has 2 unspecified atom stereocenters. The number of nitrogens with one attached hydrogen (secondary N) is 1. The highest BCUT2D eigenvalue weighted by Gasteiger charge is 2.22. The summed E-state index contributed by atoms with van der Waals surface area (Å²) in [6.45, 7) is 5.20. The molecule has 2 heterocycles. The molecule has 2 atom stereocenters. The minimum atomic E-state index is -0.828. The Morgan fingerprint density at radius 3 is 2.84 bits per heavy atom. The number of rotatable bonds is 8. The molecule has 0 fully saturated rings. The predicted octanol–water partition coefficient (Wildman–Crippen LogP) is 4.61. The smallest absolute Gasteiger partial charge is 0.148 e. The highest BCUT2D eigenvalue weighted by Crippen LogP contribution is 2.40. The van der Waals surface area contributed by atoms with Crippen LogP contribution in [0.4, 0.5) is 4.39 Å². The molecule has 168 valence electrons. The molecular formula is C26H31FN4O. The molecule has 4 N–H and O–H groups in total. The van der Waals surface area contributed by atoms with Crippen LogP contribution in [-0.2, 0) is 0 Å². The Labute approximate surface area is 188 Å². The van der Waals surface area contributed by atoms with Gasteiger partial charge in [-0.1, -0.05) is 25.1 Å². The Morgan fingerprint density at radius 1 is 1.28 bits per heavy atom. The van der Waals surface area contributed by atoms with Crippen LogP contribution in [0.25, 0.3) is 16.8 Å². The lowest BCUT2D eigenvalue weighted by Gasteiger charge is -2.26. The molecule has 1 aliphatic carbocycles. The van der Waals surface area contributed by atoms with Crippen molar-refractivity contribution in [3.05, 3.63) is 83.1 Å². The number of aliphatic hydroxyl groups is 1. The highest BCUT2D eigenvalue weighted by atomic mass is 19.1. The van der Waals surface area contributed by atoms with Gasteiger partial charge >= 0.3 is 0 Å². The summed E-state index contributed by atoms with van der Waals surface area (Å²) in [4.78, 5) is 4.45. The van der Waals surface area contributed by atoms with Crippen LogP contribution in [-0.4, -0.2) is 27.6 Å².